The van der Waals surface area contributed by atoms with Gasteiger partial charge in [-0.3, -0.25) is 4.79 Å². The molecular formula is C18H22N2O4. The third-order valence-electron chi connectivity index (χ3n) is 3.52. The minimum atomic E-state index is -0.0955. The highest BCUT2D eigenvalue weighted by Crippen LogP contribution is 2.38. The fourth-order valence-electron chi connectivity index (χ4n) is 2.36. The summed E-state index contributed by atoms with van der Waals surface area (Å²) in [4.78, 5) is 16.3. The molecule has 1 heterocycles. The van der Waals surface area contributed by atoms with Gasteiger partial charge in [-0.1, -0.05) is 6.07 Å². The Morgan fingerprint density at radius 1 is 1.08 bits per heavy atom. The van der Waals surface area contributed by atoms with Crippen LogP contribution in [0.4, 0.5) is 5.82 Å². The van der Waals surface area contributed by atoms with Crippen LogP contribution in [0, 0.1) is 6.92 Å². The lowest BCUT2D eigenvalue weighted by Crippen LogP contribution is -2.13. The molecule has 0 saturated heterocycles. The third kappa shape index (κ3) is 4.38. The molecule has 1 aromatic carbocycles. The van der Waals surface area contributed by atoms with Crippen LogP contribution in [-0.4, -0.2) is 32.2 Å². The summed E-state index contributed by atoms with van der Waals surface area (Å²) in [6.45, 7) is 1.88. The number of anilines is 1. The summed E-state index contributed by atoms with van der Waals surface area (Å²) in [5.41, 5.74) is 1.79. The molecule has 0 radical (unpaired) electrons. The smallest absolute Gasteiger partial charge is 0.225 e. The van der Waals surface area contributed by atoms with Gasteiger partial charge in [0.25, 0.3) is 0 Å². The number of carbonyl (C=O) groups excluding carboxylic acids is 1. The van der Waals surface area contributed by atoms with Gasteiger partial charge in [0.15, 0.2) is 11.5 Å². The van der Waals surface area contributed by atoms with Gasteiger partial charge in [-0.2, -0.15) is 0 Å². The number of nitrogens with zero attached hydrogens (tertiary/aromatic N) is 1. The lowest BCUT2D eigenvalue weighted by molar-refractivity contribution is -0.116. The van der Waals surface area contributed by atoms with Crippen LogP contribution >= 0.6 is 0 Å². The first kappa shape index (κ1) is 17.6. The highest BCUT2D eigenvalue weighted by atomic mass is 16.5. The largest absolute Gasteiger partial charge is 0.493 e. The molecule has 128 valence electrons. The fourth-order valence-corrected chi connectivity index (χ4v) is 2.36. The number of carbonyl (C=O) groups is 1. The zero-order chi connectivity index (χ0) is 17.5. The van der Waals surface area contributed by atoms with Gasteiger partial charge < -0.3 is 19.5 Å². The van der Waals surface area contributed by atoms with Gasteiger partial charge in [-0.05, 0) is 43.2 Å². The number of amides is 1. The van der Waals surface area contributed by atoms with Crippen molar-refractivity contribution < 1.29 is 19.0 Å². The van der Waals surface area contributed by atoms with Crippen molar-refractivity contribution in [2.75, 3.05) is 26.6 Å². The van der Waals surface area contributed by atoms with E-state index in [0.717, 1.165) is 11.3 Å². The van der Waals surface area contributed by atoms with Crippen molar-refractivity contribution in [3.8, 4) is 17.2 Å². The zero-order valence-electron chi connectivity index (χ0n) is 14.4. The molecule has 1 N–H and O–H groups in total. The van der Waals surface area contributed by atoms with Gasteiger partial charge in [-0.25, -0.2) is 4.98 Å². The maximum absolute atomic E-state index is 12.1. The van der Waals surface area contributed by atoms with E-state index in [2.05, 4.69) is 10.3 Å². The van der Waals surface area contributed by atoms with Crippen molar-refractivity contribution in [2.24, 2.45) is 0 Å². The first-order valence-electron chi connectivity index (χ1n) is 7.59. The second-order valence-electron chi connectivity index (χ2n) is 5.25. The molecule has 1 aromatic heterocycles. The molecular weight excluding hydrogens is 308 g/mol. The molecule has 0 aliphatic heterocycles. The third-order valence-corrected chi connectivity index (χ3v) is 3.52. The quantitative estimate of drug-likeness (QED) is 0.845. The van der Waals surface area contributed by atoms with Crippen molar-refractivity contribution in [1.29, 1.82) is 0 Å². The van der Waals surface area contributed by atoms with Crippen LogP contribution in [0.5, 0.6) is 17.2 Å². The summed E-state index contributed by atoms with van der Waals surface area (Å²) in [5, 5.41) is 2.80. The van der Waals surface area contributed by atoms with E-state index in [9.17, 15) is 4.79 Å². The normalized spacial score (nSPS) is 10.2. The van der Waals surface area contributed by atoms with E-state index >= 15 is 0 Å². The van der Waals surface area contributed by atoms with Gasteiger partial charge in [0, 0.05) is 12.1 Å². The van der Waals surface area contributed by atoms with Crippen molar-refractivity contribution in [3.05, 3.63) is 41.6 Å². The van der Waals surface area contributed by atoms with E-state index in [1.807, 2.05) is 31.2 Å². The summed E-state index contributed by atoms with van der Waals surface area (Å²) in [5.74, 6) is 2.16. The van der Waals surface area contributed by atoms with Crippen molar-refractivity contribution >= 4 is 11.7 Å². The van der Waals surface area contributed by atoms with Crippen molar-refractivity contribution in [1.82, 2.24) is 4.98 Å². The Balaban J connectivity index is 2.04. The second kappa shape index (κ2) is 8.19. The molecule has 0 atom stereocenters. The molecule has 0 saturated carbocycles. The topological polar surface area (TPSA) is 69.7 Å². The average molecular weight is 330 g/mol. The lowest BCUT2D eigenvalue weighted by atomic mass is 10.1. The maximum Gasteiger partial charge on any atom is 0.225 e. The summed E-state index contributed by atoms with van der Waals surface area (Å²) >= 11 is 0. The highest BCUT2D eigenvalue weighted by Gasteiger charge is 2.14. The lowest BCUT2D eigenvalue weighted by Gasteiger charge is -2.14. The summed E-state index contributed by atoms with van der Waals surface area (Å²) < 4.78 is 15.9. The maximum atomic E-state index is 12.1. The van der Waals surface area contributed by atoms with Crippen LogP contribution in [0.1, 0.15) is 17.7 Å². The van der Waals surface area contributed by atoms with Gasteiger partial charge >= 0.3 is 0 Å². The van der Waals surface area contributed by atoms with Crippen LogP contribution in [0.15, 0.2) is 30.3 Å². The van der Waals surface area contributed by atoms with Gasteiger partial charge in [0.1, 0.15) is 5.82 Å². The number of hydrogen-bond acceptors (Lipinski definition) is 5. The van der Waals surface area contributed by atoms with Crippen LogP contribution in [-0.2, 0) is 11.2 Å². The van der Waals surface area contributed by atoms with E-state index < -0.39 is 0 Å². The zero-order valence-corrected chi connectivity index (χ0v) is 14.4. The molecule has 1 amide bonds. The summed E-state index contributed by atoms with van der Waals surface area (Å²) in [6, 6.07) is 9.20. The Hall–Kier alpha value is -2.76. The number of nitrogens with one attached hydrogen (secondary N) is 1. The monoisotopic (exact) mass is 330 g/mol. The van der Waals surface area contributed by atoms with E-state index in [4.69, 9.17) is 14.2 Å². The Labute approximate surface area is 141 Å². The molecule has 24 heavy (non-hydrogen) atoms. The highest BCUT2D eigenvalue weighted by molar-refractivity contribution is 5.89. The summed E-state index contributed by atoms with van der Waals surface area (Å²) in [7, 11) is 4.69. The molecule has 2 aromatic rings. The standard InChI is InChI=1S/C18H22N2O4/c1-12-6-5-7-16(19-12)20-17(21)9-8-13-10-14(22-2)18(24-4)15(11-13)23-3/h5-7,10-11H,8-9H2,1-4H3,(H,19,20,21). The number of pyridine rings is 1. The number of rotatable bonds is 7. The van der Waals surface area contributed by atoms with Crippen molar-refractivity contribution in [3.63, 3.8) is 0 Å². The second-order valence-corrected chi connectivity index (χ2v) is 5.25. The Kier molecular flexibility index (Phi) is 6.01. The Morgan fingerprint density at radius 3 is 2.29 bits per heavy atom. The van der Waals surface area contributed by atoms with E-state index in [0.29, 0.717) is 35.9 Å². The van der Waals surface area contributed by atoms with Crippen LogP contribution in [0.3, 0.4) is 0 Å². The van der Waals surface area contributed by atoms with Crippen LogP contribution in [0.25, 0.3) is 0 Å². The molecule has 6 nitrogen and oxygen atoms in total. The molecule has 0 spiro atoms. The summed E-state index contributed by atoms with van der Waals surface area (Å²) in [6.07, 6.45) is 0.878. The predicted molar refractivity (Wildman–Crippen MR) is 92.0 cm³/mol. The SMILES string of the molecule is COc1cc(CCC(=O)Nc2cccc(C)n2)cc(OC)c1OC. The first-order valence-corrected chi connectivity index (χ1v) is 7.59. The number of hydrogen-bond donors (Lipinski definition) is 1. The predicted octanol–water partition coefficient (Wildman–Crippen LogP) is 2.99. The molecule has 0 aliphatic rings. The van der Waals surface area contributed by atoms with Crippen molar-refractivity contribution in [2.45, 2.75) is 19.8 Å². The first-order chi connectivity index (χ1) is 11.6. The fraction of sp³-hybridized carbons (Fsp3) is 0.333. The molecule has 0 aliphatic carbocycles. The van der Waals surface area contributed by atoms with Gasteiger partial charge in [-0.15, -0.1) is 0 Å². The molecule has 0 bridgehead atoms. The number of ether oxygens (including phenoxy) is 3. The van der Waals surface area contributed by atoms with Crippen LogP contribution in [0.2, 0.25) is 0 Å². The van der Waals surface area contributed by atoms with Crippen LogP contribution < -0.4 is 19.5 Å². The number of methoxy groups -OCH3 is 3. The molecule has 0 fully saturated rings. The molecule has 6 heteroatoms. The van der Waals surface area contributed by atoms with Gasteiger partial charge in [0.2, 0.25) is 11.7 Å². The minimum absolute atomic E-state index is 0.0955. The molecule has 0 unspecified atom stereocenters. The number of benzene rings is 1. The Morgan fingerprint density at radius 2 is 1.75 bits per heavy atom. The van der Waals surface area contributed by atoms with E-state index in [-0.39, 0.29) is 5.91 Å². The van der Waals surface area contributed by atoms with E-state index in [1.54, 1.807) is 27.4 Å². The minimum Gasteiger partial charge on any atom is -0.493 e. The number of aromatic nitrogens is 1. The average Bonchev–Trinajstić information content (AvgIpc) is 2.58. The van der Waals surface area contributed by atoms with Gasteiger partial charge in [0.05, 0.1) is 21.3 Å². The Bertz CT molecular complexity index is 691. The number of aryl methyl sites for hydroxylation is 2. The molecule has 2 rings (SSSR count). The van der Waals surface area contributed by atoms with E-state index in [1.165, 1.54) is 0 Å².